The lowest BCUT2D eigenvalue weighted by Crippen LogP contribution is -2.52. The molecule has 0 aromatic heterocycles. The number of hydrogen-bond donors (Lipinski definition) is 1. The monoisotopic (exact) mass is 481 g/mol. The SMILES string of the molecule is CN=C(NCC(C)(C)SC)N1CC(C)OC(c2ccc(F)cc2)C1.I. The van der Waals surface area contributed by atoms with Gasteiger partial charge < -0.3 is 15.0 Å². The van der Waals surface area contributed by atoms with Gasteiger partial charge in [-0.05, 0) is 44.7 Å². The maximum atomic E-state index is 13.2. The molecule has 1 aliphatic rings. The number of ether oxygens (including phenoxy) is 1. The normalized spacial score (nSPS) is 21.7. The first kappa shape index (κ1) is 22.5. The van der Waals surface area contributed by atoms with Gasteiger partial charge in [0.2, 0.25) is 0 Å². The molecule has 1 aromatic carbocycles. The van der Waals surface area contributed by atoms with E-state index in [0.29, 0.717) is 6.54 Å². The lowest BCUT2D eigenvalue weighted by atomic mass is 10.1. The Morgan fingerprint density at radius 3 is 2.56 bits per heavy atom. The third-order valence-electron chi connectivity index (χ3n) is 4.24. The number of thioether (sulfide) groups is 1. The molecule has 0 amide bonds. The molecular formula is C18H29FIN3OS. The minimum atomic E-state index is -0.226. The molecule has 1 aromatic rings. The van der Waals surface area contributed by atoms with E-state index in [9.17, 15) is 4.39 Å². The molecule has 0 bridgehead atoms. The van der Waals surface area contributed by atoms with E-state index in [4.69, 9.17) is 4.74 Å². The second-order valence-corrected chi connectivity index (χ2v) is 8.27. The summed E-state index contributed by atoms with van der Waals surface area (Å²) in [6.45, 7) is 8.81. The van der Waals surface area contributed by atoms with Crippen LogP contribution < -0.4 is 5.32 Å². The number of guanidine groups is 1. The molecule has 0 saturated carbocycles. The highest BCUT2D eigenvalue weighted by Crippen LogP contribution is 2.26. The van der Waals surface area contributed by atoms with Gasteiger partial charge in [-0.15, -0.1) is 24.0 Å². The van der Waals surface area contributed by atoms with E-state index in [1.54, 1.807) is 19.2 Å². The average Bonchev–Trinajstić information content (AvgIpc) is 2.55. The van der Waals surface area contributed by atoms with Gasteiger partial charge in [-0.3, -0.25) is 4.99 Å². The van der Waals surface area contributed by atoms with Crippen LogP contribution in [0.15, 0.2) is 29.3 Å². The summed E-state index contributed by atoms with van der Waals surface area (Å²) in [5.41, 5.74) is 0.993. The van der Waals surface area contributed by atoms with Crippen molar-refractivity contribution in [3.63, 3.8) is 0 Å². The van der Waals surface area contributed by atoms with Crippen LogP contribution in [0.3, 0.4) is 0 Å². The largest absolute Gasteiger partial charge is 0.367 e. The van der Waals surface area contributed by atoms with Crippen LogP contribution in [0.2, 0.25) is 0 Å². The van der Waals surface area contributed by atoms with Crippen LogP contribution in [0, 0.1) is 5.82 Å². The molecule has 142 valence electrons. The molecular weight excluding hydrogens is 452 g/mol. The second kappa shape index (κ2) is 9.97. The Morgan fingerprint density at radius 1 is 1.36 bits per heavy atom. The zero-order chi connectivity index (χ0) is 17.7. The third-order valence-corrected chi connectivity index (χ3v) is 5.49. The summed E-state index contributed by atoms with van der Waals surface area (Å²) < 4.78 is 19.3. The molecule has 2 atom stereocenters. The first-order chi connectivity index (χ1) is 11.3. The number of benzene rings is 1. The Bertz CT molecular complexity index is 568. The van der Waals surface area contributed by atoms with Gasteiger partial charge in [0.25, 0.3) is 0 Å². The molecule has 1 N–H and O–H groups in total. The molecule has 1 saturated heterocycles. The van der Waals surface area contributed by atoms with Gasteiger partial charge in [0.1, 0.15) is 11.9 Å². The minimum Gasteiger partial charge on any atom is -0.367 e. The molecule has 0 aliphatic carbocycles. The number of nitrogens with one attached hydrogen (secondary N) is 1. The van der Waals surface area contributed by atoms with Gasteiger partial charge >= 0.3 is 0 Å². The topological polar surface area (TPSA) is 36.9 Å². The molecule has 0 radical (unpaired) electrons. The fraction of sp³-hybridized carbons (Fsp3) is 0.611. The van der Waals surface area contributed by atoms with Crippen molar-refractivity contribution in [3.05, 3.63) is 35.6 Å². The highest BCUT2D eigenvalue weighted by atomic mass is 127. The number of halogens is 2. The van der Waals surface area contributed by atoms with Crippen LogP contribution in [-0.2, 0) is 4.74 Å². The van der Waals surface area contributed by atoms with Crippen molar-refractivity contribution in [2.75, 3.05) is 32.9 Å². The van der Waals surface area contributed by atoms with Crippen LogP contribution in [0.1, 0.15) is 32.4 Å². The van der Waals surface area contributed by atoms with Crippen molar-refractivity contribution in [1.82, 2.24) is 10.2 Å². The first-order valence-electron chi connectivity index (χ1n) is 8.26. The highest BCUT2D eigenvalue weighted by Gasteiger charge is 2.29. The summed E-state index contributed by atoms with van der Waals surface area (Å²) >= 11 is 1.83. The van der Waals surface area contributed by atoms with Crippen LogP contribution in [0.4, 0.5) is 4.39 Å². The first-order valence-corrected chi connectivity index (χ1v) is 9.49. The number of morpholine rings is 1. The zero-order valence-corrected chi connectivity index (χ0v) is 18.7. The Labute approximate surface area is 172 Å². The van der Waals surface area contributed by atoms with Crippen LogP contribution >= 0.6 is 35.7 Å². The van der Waals surface area contributed by atoms with Crippen LogP contribution in [0.25, 0.3) is 0 Å². The lowest BCUT2D eigenvalue weighted by Gasteiger charge is -2.39. The fourth-order valence-electron chi connectivity index (χ4n) is 2.68. The predicted octanol–water partition coefficient (Wildman–Crippen LogP) is 3.92. The Balaban J connectivity index is 0.00000312. The second-order valence-electron chi connectivity index (χ2n) is 6.76. The summed E-state index contributed by atoms with van der Waals surface area (Å²) in [6.07, 6.45) is 2.12. The van der Waals surface area contributed by atoms with Gasteiger partial charge in [-0.25, -0.2) is 4.39 Å². The third kappa shape index (κ3) is 6.60. The lowest BCUT2D eigenvalue weighted by molar-refractivity contribution is -0.0605. The summed E-state index contributed by atoms with van der Waals surface area (Å²) in [4.78, 5) is 6.65. The van der Waals surface area contributed by atoms with E-state index in [-0.39, 0.29) is 46.7 Å². The molecule has 2 unspecified atom stereocenters. The Morgan fingerprint density at radius 2 is 2.00 bits per heavy atom. The number of hydrogen-bond acceptors (Lipinski definition) is 3. The van der Waals surface area contributed by atoms with Crippen LogP contribution in [0.5, 0.6) is 0 Å². The molecule has 2 rings (SSSR count). The number of nitrogens with zero attached hydrogens (tertiary/aromatic N) is 2. The van der Waals surface area contributed by atoms with E-state index in [2.05, 4.69) is 42.2 Å². The Kier molecular flexibility index (Phi) is 8.97. The standard InChI is InChI=1S/C18H28FN3OS.HI/c1-13-10-22(17(20-4)21-12-18(2,3)24-5)11-16(23-13)14-6-8-15(19)9-7-14;/h6-9,13,16H,10-12H2,1-5H3,(H,20,21);1H. The molecule has 7 heteroatoms. The quantitative estimate of drug-likeness (QED) is 0.402. The Hall–Kier alpha value is -0.540. The van der Waals surface area contributed by atoms with E-state index < -0.39 is 0 Å². The summed E-state index contributed by atoms with van der Waals surface area (Å²) in [7, 11) is 1.81. The van der Waals surface area contributed by atoms with Gasteiger partial charge in [0.15, 0.2) is 5.96 Å². The fourth-order valence-corrected chi connectivity index (χ4v) is 2.90. The van der Waals surface area contributed by atoms with Gasteiger partial charge in [0, 0.05) is 24.9 Å². The van der Waals surface area contributed by atoms with Gasteiger partial charge in [-0.1, -0.05) is 12.1 Å². The molecule has 25 heavy (non-hydrogen) atoms. The van der Waals surface area contributed by atoms with Crippen molar-refractivity contribution in [1.29, 1.82) is 0 Å². The minimum absolute atomic E-state index is 0. The summed E-state index contributed by atoms with van der Waals surface area (Å²) in [6, 6.07) is 6.55. The highest BCUT2D eigenvalue weighted by molar-refractivity contribution is 14.0. The maximum absolute atomic E-state index is 13.2. The molecule has 4 nitrogen and oxygen atoms in total. The maximum Gasteiger partial charge on any atom is 0.193 e. The molecule has 1 fully saturated rings. The zero-order valence-electron chi connectivity index (χ0n) is 15.6. The molecule has 0 spiro atoms. The van der Waals surface area contributed by atoms with Gasteiger partial charge in [0.05, 0.1) is 12.6 Å². The van der Waals surface area contributed by atoms with Crippen molar-refractivity contribution >= 4 is 41.7 Å². The van der Waals surface area contributed by atoms with Crippen molar-refractivity contribution in [2.45, 2.75) is 37.7 Å². The van der Waals surface area contributed by atoms with Crippen LogP contribution in [-0.4, -0.2) is 54.6 Å². The molecule has 1 aliphatic heterocycles. The number of rotatable bonds is 4. The summed E-state index contributed by atoms with van der Waals surface area (Å²) in [5.74, 6) is 0.663. The van der Waals surface area contributed by atoms with Crippen molar-refractivity contribution < 1.29 is 9.13 Å². The van der Waals surface area contributed by atoms with E-state index in [1.165, 1.54) is 12.1 Å². The van der Waals surface area contributed by atoms with Crippen molar-refractivity contribution in [3.8, 4) is 0 Å². The smallest absolute Gasteiger partial charge is 0.193 e. The van der Waals surface area contributed by atoms with E-state index in [0.717, 1.165) is 24.6 Å². The average molecular weight is 481 g/mol. The van der Waals surface area contributed by atoms with Crippen molar-refractivity contribution in [2.24, 2.45) is 4.99 Å². The number of aliphatic imine (C=N–C) groups is 1. The summed E-state index contributed by atoms with van der Waals surface area (Å²) in [5, 5.41) is 3.47. The predicted molar refractivity (Wildman–Crippen MR) is 116 cm³/mol. The van der Waals surface area contributed by atoms with E-state index >= 15 is 0 Å². The molecule has 1 heterocycles. The van der Waals surface area contributed by atoms with E-state index in [1.807, 2.05) is 11.8 Å². The van der Waals surface area contributed by atoms with Gasteiger partial charge in [-0.2, -0.15) is 11.8 Å².